The van der Waals surface area contributed by atoms with Gasteiger partial charge in [0, 0.05) is 10.7 Å². The molecule has 5 nitrogen and oxygen atoms in total. The Hall–Kier alpha value is -1.86. The molecule has 0 saturated carbocycles. The summed E-state index contributed by atoms with van der Waals surface area (Å²) < 4.78 is 33.1. The number of methoxy groups -OCH3 is 1. The molecule has 114 valence electrons. The van der Waals surface area contributed by atoms with E-state index in [0.29, 0.717) is 22.3 Å². The summed E-state index contributed by atoms with van der Waals surface area (Å²) in [6.07, 6.45) is 3.01. The molecule has 0 fully saturated rings. The molecule has 0 aliphatic rings. The van der Waals surface area contributed by atoms with E-state index in [1.165, 1.54) is 13.3 Å². The number of hydrogen-bond donors (Lipinski definition) is 0. The first-order valence-electron chi connectivity index (χ1n) is 6.47. The minimum Gasteiger partial charge on any atom is -0.494 e. The van der Waals surface area contributed by atoms with Gasteiger partial charge in [0.05, 0.1) is 23.6 Å². The second kappa shape index (κ2) is 5.40. The van der Waals surface area contributed by atoms with Crippen LogP contribution in [0.3, 0.4) is 0 Å². The van der Waals surface area contributed by atoms with Gasteiger partial charge in [-0.25, -0.2) is 17.4 Å². The van der Waals surface area contributed by atoms with Crippen molar-refractivity contribution in [1.82, 2.24) is 8.96 Å². The Labute approximate surface area is 136 Å². The number of rotatable bonds is 3. The summed E-state index contributed by atoms with van der Waals surface area (Å²) >= 11 is 3.34. The van der Waals surface area contributed by atoms with Crippen molar-refractivity contribution in [2.24, 2.45) is 0 Å². The number of halogens is 1. The largest absolute Gasteiger partial charge is 0.494 e. The van der Waals surface area contributed by atoms with Gasteiger partial charge < -0.3 is 4.74 Å². The fourth-order valence-electron chi connectivity index (χ4n) is 2.32. The lowest BCUT2D eigenvalue weighted by Crippen LogP contribution is -2.13. The molecule has 0 N–H and O–H groups in total. The minimum absolute atomic E-state index is 0.249. The molecule has 22 heavy (non-hydrogen) atoms. The molecule has 0 spiro atoms. The number of fused-ring (bicyclic) bond motifs is 1. The number of benzene rings is 1. The van der Waals surface area contributed by atoms with Crippen molar-refractivity contribution >= 4 is 37.0 Å². The first kappa shape index (κ1) is 15.1. The summed E-state index contributed by atoms with van der Waals surface area (Å²) in [4.78, 5) is 4.48. The Morgan fingerprint density at radius 1 is 1.27 bits per heavy atom. The van der Waals surface area contributed by atoms with Gasteiger partial charge in [-0.1, -0.05) is 18.2 Å². The van der Waals surface area contributed by atoms with Crippen molar-refractivity contribution < 1.29 is 13.2 Å². The standard InChI is InChI=1S/C15H13BrN2O3S/c1-10-5-3-4-6-14(10)22(19,20)18-9-13(21-2)12-7-11(16)8-17-15(12)18/h3-9H,1-2H3. The summed E-state index contributed by atoms with van der Waals surface area (Å²) in [6.45, 7) is 1.76. The van der Waals surface area contributed by atoms with Crippen LogP contribution >= 0.6 is 15.9 Å². The SMILES string of the molecule is COc1cn(S(=O)(=O)c2ccccc2C)c2ncc(Br)cc12. The predicted octanol–water partition coefficient (Wildman–Crippen LogP) is 3.35. The third-order valence-corrected chi connectivity index (χ3v) is 5.64. The van der Waals surface area contributed by atoms with Gasteiger partial charge in [-0.05, 0) is 40.5 Å². The van der Waals surface area contributed by atoms with Gasteiger partial charge in [-0.3, -0.25) is 0 Å². The van der Waals surface area contributed by atoms with E-state index in [0.717, 1.165) is 8.45 Å². The molecule has 3 rings (SSSR count). The quantitative estimate of drug-likeness (QED) is 0.698. The van der Waals surface area contributed by atoms with Crippen LogP contribution in [0.5, 0.6) is 5.75 Å². The molecule has 2 heterocycles. The van der Waals surface area contributed by atoms with Gasteiger partial charge in [0.2, 0.25) is 0 Å². The van der Waals surface area contributed by atoms with Crippen LogP contribution in [-0.2, 0) is 10.0 Å². The average Bonchev–Trinajstić information content (AvgIpc) is 2.86. The number of aryl methyl sites for hydroxylation is 1. The number of pyridine rings is 1. The average molecular weight is 381 g/mol. The molecule has 7 heteroatoms. The molecule has 0 saturated heterocycles. The maximum atomic E-state index is 12.9. The van der Waals surface area contributed by atoms with Crippen LogP contribution in [0.2, 0.25) is 0 Å². The maximum Gasteiger partial charge on any atom is 0.269 e. The maximum absolute atomic E-state index is 12.9. The van der Waals surface area contributed by atoms with Gasteiger partial charge in [0.25, 0.3) is 10.0 Å². The molecule has 0 bridgehead atoms. The Morgan fingerprint density at radius 3 is 2.68 bits per heavy atom. The van der Waals surface area contributed by atoms with Gasteiger partial charge >= 0.3 is 0 Å². The normalized spacial score (nSPS) is 11.8. The molecular formula is C15H13BrN2O3S. The van der Waals surface area contributed by atoms with E-state index in [-0.39, 0.29) is 4.90 Å². The monoisotopic (exact) mass is 380 g/mol. The Morgan fingerprint density at radius 2 is 2.00 bits per heavy atom. The topological polar surface area (TPSA) is 61.2 Å². The highest BCUT2D eigenvalue weighted by atomic mass is 79.9. The smallest absolute Gasteiger partial charge is 0.269 e. The summed E-state index contributed by atoms with van der Waals surface area (Å²) in [7, 11) is -2.24. The lowest BCUT2D eigenvalue weighted by molar-refractivity contribution is 0.419. The molecule has 3 aromatic rings. The first-order valence-corrected chi connectivity index (χ1v) is 8.70. The van der Waals surface area contributed by atoms with Crippen molar-refractivity contribution in [3.8, 4) is 5.75 Å². The van der Waals surface area contributed by atoms with E-state index in [4.69, 9.17) is 4.74 Å². The Balaban J connectivity index is 2.33. The van der Waals surface area contributed by atoms with Crippen LogP contribution < -0.4 is 4.74 Å². The molecule has 0 radical (unpaired) electrons. The van der Waals surface area contributed by atoms with Crippen LogP contribution in [0.1, 0.15) is 5.56 Å². The summed E-state index contributed by atoms with van der Waals surface area (Å²) in [5.74, 6) is 0.459. The molecule has 2 aromatic heterocycles. The molecule has 0 atom stereocenters. The molecule has 0 unspecified atom stereocenters. The highest BCUT2D eigenvalue weighted by Crippen LogP contribution is 2.32. The van der Waals surface area contributed by atoms with Gasteiger partial charge in [0.1, 0.15) is 5.75 Å². The minimum atomic E-state index is -3.74. The van der Waals surface area contributed by atoms with E-state index >= 15 is 0 Å². The fraction of sp³-hybridized carbons (Fsp3) is 0.133. The Kier molecular flexibility index (Phi) is 3.70. The van der Waals surface area contributed by atoms with E-state index in [2.05, 4.69) is 20.9 Å². The molecular weight excluding hydrogens is 368 g/mol. The lowest BCUT2D eigenvalue weighted by atomic mass is 10.2. The molecule has 0 aliphatic heterocycles. The van der Waals surface area contributed by atoms with Crippen LogP contribution in [0.25, 0.3) is 11.0 Å². The van der Waals surface area contributed by atoms with Gasteiger partial charge in [0.15, 0.2) is 5.65 Å². The second-order valence-corrected chi connectivity index (χ2v) is 7.49. The van der Waals surface area contributed by atoms with E-state index in [9.17, 15) is 8.42 Å². The van der Waals surface area contributed by atoms with E-state index < -0.39 is 10.0 Å². The summed E-state index contributed by atoms with van der Waals surface area (Å²) in [5, 5.41) is 0.633. The zero-order chi connectivity index (χ0) is 15.9. The Bertz CT molecular complexity index is 964. The zero-order valence-corrected chi connectivity index (χ0v) is 14.3. The lowest BCUT2D eigenvalue weighted by Gasteiger charge is -2.09. The van der Waals surface area contributed by atoms with E-state index in [1.54, 1.807) is 43.5 Å². The molecule has 1 aromatic carbocycles. The van der Waals surface area contributed by atoms with Crippen LogP contribution in [0, 0.1) is 6.92 Å². The third kappa shape index (κ3) is 2.30. The van der Waals surface area contributed by atoms with Gasteiger partial charge in [-0.2, -0.15) is 0 Å². The third-order valence-electron chi connectivity index (χ3n) is 3.39. The van der Waals surface area contributed by atoms with Crippen molar-refractivity contribution in [2.75, 3.05) is 7.11 Å². The fourth-order valence-corrected chi connectivity index (χ4v) is 4.20. The van der Waals surface area contributed by atoms with Crippen LogP contribution in [0.15, 0.2) is 52.1 Å². The van der Waals surface area contributed by atoms with Crippen LogP contribution in [-0.4, -0.2) is 24.5 Å². The van der Waals surface area contributed by atoms with Gasteiger partial charge in [-0.15, -0.1) is 0 Å². The van der Waals surface area contributed by atoms with Crippen LogP contribution in [0.4, 0.5) is 0 Å². The summed E-state index contributed by atoms with van der Waals surface area (Å²) in [5.41, 5.74) is 1.02. The molecule has 0 aliphatic carbocycles. The number of hydrogen-bond acceptors (Lipinski definition) is 4. The second-order valence-electron chi connectivity index (χ2n) is 4.79. The highest BCUT2D eigenvalue weighted by Gasteiger charge is 2.24. The number of aromatic nitrogens is 2. The van der Waals surface area contributed by atoms with Crippen molar-refractivity contribution in [3.63, 3.8) is 0 Å². The number of nitrogens with zero attached hydrogens (tertiary/aromatic N) is 2. The highest BCUT2D eigenvalue weighted by molar-refractivity contribution is 9.10. The first-order chi connectivity index (χ1) is 10.4. The zero-order valence-electron chi connectivity index (χ0n) is 11.9. The summed E-state index contributed by atoms with van der Waals surface area (Å²) in [6, 6.07) is 8.64. The van der Waals surface area contributed by atoms with Crippen molar-refractivity contribution in [3.05, 3.63) is 52.8 Å². The van der Waals surface area contributed by atoms with Crippen molar-refractivity contribution in [1.29, 1.82) is 0 Å². The predicted molar refractivity (Wildman–Crippen MR) is 87.7 cm³/mol. The van der Waals surface area contributed by atoms with E-state index in [1.807, 2.05) is 0 Å². The molecule has 0 amide bonds. The van der Waals surface area contributed by atoms with Crippen molar-refractivity contribution in [2.45, 2.75) is 11.8 Å². The number of ether oxygens (including phenoxy) is 1.